The maximum absolute atomic E-state index is 12.7. The van der Waals surface area contributed by atoms with Gasteiger partial charge >= 0.3 is 0 Å². The Hall–Kier alpha value is -3.41. The van der Waals surface area contributed by atoms with Gasteiger partial charge in [0.15, 0.2) is 12.4 Å². The molecule has 0 aliphatic carbocycles. The molecule has 1 saturated heterocycles. The summed E-state index contributed by atoms with van der Waals surface area (Å²) < 4.78 is 5.65. The number of benzene rings is 2. The van der Waals surface area contributed by atoms with Gasteiger partial charge in [-0.3, -0.25) is 14.7 Å². The van der Waals surface area contributed by atoms with Crippen molar-refractivity contribution < 1.29 is 14.3 Å². The molecule has 1 N–H and O–H groups in total. The molecule has 1 unspecified atom stereocenters. The van der Waals surface area contributed by atoms with Crippen LogP contribution >= 0.6 is 0 Å². The third kappa shape index (κ3) is 4.43. The van der Waals surface area contributed by atoms with Gasteiger partial charge in [-0.15, -0.1) is 0 Å². The number of amides is 1. The van der Waals surface area contributed by atoms with Crippen LogP contribution in [0.1, 0.15) is 41.7 Å². The van der Waals surface area contributed by atoms with Crippen molar-refractivity contribution in [2.24, 2.45) is 0 Å². The number of ether oxygens (including phenoxy) is 1. The van der Waals surface area contributed by atoms with E-state index in [1.54, 1.807) is 24.3 Å². The third-order valence-corrected chi connectivity index (χ3v) is 5.56. The number of nitrogens with zero attached hydrogens (tertiary/aromatic N) is 2. The summed E-state index contributed by atoms with van der Waals surface area (Å²) in [7, 11) is 0. The Labute approximate surface area is 175 Å². The standard InChI is InChI=1S/C24H25N3O3/c1-17(28)18-9-11-21(12-10-18)30-16-23(29)27-13-5-8-20(15-27)24-22(14-25-26-24)19-6-3-2-4-7-19/h2-4,6-7,9-12,14,20H,5,8,13,15-16H2,1H3,(H,25,26). The molecule has 0 radical (unpaired) electrons. The number of nitrogens with one attached hydrogen (secondary N) is 1. The molecule has 3 aromatic rings. The Bertz CT molecular complexity index is 1010. The Morgan fingerprint density at radius 2 is 1.90 bits per heavy atom. The highest BCUT2D eigenvalue weighted by Gasteiger charge is 2.27. The van der Waals surface area contributed by atoms with E-state index in [1.165, 1.54) is 6.92 Å². The van der Waals surface area contributed by atoms with Gasteiger partial charge in [0.1, 0.15) is 5.75 Å². The number of aromatic amines is 1. The van der Waals surface area contributed by atoms with Gasteiger partial charge < -0.3 is 9.64 Å². The molecule has 30 heavy (non-hydrogen) atoms. The first kappa shape index (κ1) is 19.9. The molecule has 6 nitrogen and oxygen atoms in total. The summed E-state index contributed by atoms with van der Waals surface area (Å²) in [4.78, 5) is 26.0. The first-order chi connectivity index (χ1) is 14.6. The largest absolute Gasteiger partial charge is 0.484 e. The van der Waals surface area contributed by atoms with Gasteiger partial charge in [-0.2, -0.15) is 5.10 Å². The van der Waals surface area contributed by atoms with E-state index >= 15 is 0 Å². The van der Waals surface area contributed by atoms with Gasteiger partial charge in [0.25, 0.3) is 5.91 Å². The zero-order chi connectivity index (χ0) is 20.9. The number of Topliss-reactive ketones (excluding diaryl/α,β-unsaturated/α-hetero) is 1. The number of aromatic nitrogens is 2. The lowest BCUT2D eigenvalue weighted by atomic mass is 9.90. The van der Waals surface area contributed by atoms with Gasteiger partial charge in [-0.05, 0) is 49.6 Å². The maximum atomic E-state index is 12.7. The van der Waals surface area contributed by atoms with E-state index in [0.717, 1.165) is 36.2 Å². The molecule has 1 aromatic heterocycles. The lowest BCUT2D eigenvalue weighted by molar-refractivity contribution is -0.134. The first-order valence-electron chi connectivity index (χ1n) is 10.2. The van der Waals surface area contributed by atoms with Crippen molar-refractivity contribution in [3.8, 4) is 16.9 Å². The van der Waals surface area contributed by atoms with Crippen LogP contribution in [0, 0.1) is 0 Å². The molecule has 4 rings (SSSR count). The lowest BCUT2D eigenvalue weighted by Crippen LogP contribution is -2.41. The molecule has 2 heterocycles. The maximum Gasteiger partial charge on any atom is 0.260 e. The molecule has 154 valence electrons. The Morgan fingerprint density at radius 1 is 1.13 bits per heavy atom. The monoisotopic (exact) mass is 403 g/mol. The van der Waals surface area contributed by atoms with Crippen LogP contribution in [0.2, 0.25) is 0 Å². The molecule has 0 spiro atoms. The van der Waals surface area contributed by atoms with Crippen LogP contribution in [0.15, 0.2) is 60.8 Å². The van der Waals surface area contributed by atoms with Crippen molar-refractivity contribution >= 4 is 11.7 Å². The number of carbonyl (C=O) groups is 2. The van der Waals surface area contributed by atoms with Crippen LogP contribution in [0.25, 0.3) is 11.1 Å². The van der Waals surface area contributed by atoms with E-state index in [-0.39, 0.29) is 24.2 Å². The fourth-order valence-corrected chi connectivity index (χ4v) is 3.92. The van der Waals surface area contributed by atoms with Crippen LogP contribution in [-0.4, -0.2) is 46.5 Å². The summed E-state index contributed by atoms with van der Waals surface area (Å²) in [5.74, 6) is 0.777. The molecule has 1 aliphatic rings. The second-order valence-corrected chi connectivity index (χ2v) is 7.61. The quantitative estimate of drug-likeness (QED) is 0.630. The summed E-state index contributed by atoms with van der Waals surface area (Å²) in [6.45, 7) is 2.89. The number of ketones is 1. The molecule has 1 atom stereocenters. The Balaban J connectivity index is 1.39. The van der Waals surface area contributed by atoms with Gasteiger partial charge in [0, 0.05) is 35.8 Å². The number of carbonyl (C=O) groups excluding carboxylic acids is 2. The zero-order valence-corrected chi connectivity index (χ0v) is 17.0. The van der Waals surface area contributed by atoms with E-state index in [1.807, 2.05) is 29.3 Å². The normalized spacial score (nSPS) is 16.3. The minimum atomic E-state index is -0.0314. The molecule has 1 aliphatic heterocycles. The summed E-state index contributed by atoms with van der Waals surface area (Å²) in [6.07, 6.45) is 3.81. The SMILES string of the molecule is CC(=O)c1ccc(OCC(=O)N2CCCC(c3[nH]ncc3-c3ccccc3)C2)cc1. The third-order valence-electron chi connectivity index (χ3n) is 5.56. The number of hydrogen-bond donors (Lipinski definition) is 1. The molecular weight excluding hydrogens is 378 g/mol. The van der Waals surface area contributed by atoms with Gasteiger partial charge in [-0.25, -0.2) is 0 Å². The fraction of sp³-hybridized carbons (Fsp3) is 0.292. The number of likely N-dealkylation sites (tertiary alicyclic amines) is 1. The van der Waals surface area contributed by atoms with Crippen LogP contribution in [0.5, 0.6) is 5.75 Å². The minimum Gasteiger partial charge on any atom is -0.484 e. The summed E-state index contributed by atoms with van der Waals surface area (Å²) in [6, 6.07) is 17.0. The molecule has 6 heteroatoms. The van der Waals surface area contributed by atoms with Crippen molar-refractivity contribution in [1.82, 2.24) is 15.1 Å². The molecule has 1 fully saturated rings. The minimum absolute atomic E-state index is 0.00524. The summed E-state index contributed by atoms with van der Waals surface area (Å²) in [5, 5.41) is 7.42. The van der Waals surface area contributed by atoms with Gasteiger partial charge in [0.2, 0.25) is 0 Å². The van der Waals surface area contributed by atoms with Crippen LogP contribution < -0.4 is 4.74 Å². The van der Waals surface area contributed by atoms with Crippen molar-refractivity contribution in [3.63, 3.8) is 0 Å². The number of hydrogen-bond acceptors (Lipinski definition) is 4. The molecule has 2 aromatic carbocycles. The molecule has 0 saturated carbocycles. The second kappa shape index (κ2) is 8.95. The molecular formula is C24H25N3O3. The average molecular weight is 403 g/mol. The zero-order valence-electron chi connectivity index (χ0n) is 17.0. The topological polar surface area (TPSA) is 75.3 Å². The summed E-state index contributed by atoms with van der Waals surface area (Å²) in [5.41, 5.74) is 3.93. The van der Waals surface area contributed by atoms with Crippen LogP contribution in [0.4, 0.5) is 0 Å². The number of piperidine rings is 1. The average Bonchev–Trinajstić information content (AvgIpc) is 3.28. The van der Waals surface area contributed by atoms with E-state index in [2.05, 4.69) is 22.3 Å². The first-order valence-corrected chi connectivity index (χ1v) is 10.2. The van der Waals surface area contributed by atoms with E-state index in [9.17, 15) is 9.59 Å². The van der Waals surface area contributed by atoms with Crippen molar-refractivity contribution in [3.05, 3.63) is 72.1 Å². The van der Waals surface area contributed by atoms with Crippen molar-refractivity contribution in [2.75, 3.05) is 19.7 Å². The Morgan fingerprint density at radius 3 is 2.63 bits per heavy atom. The van der Waals surface area contributed by atoms with Crippen LogP contribution in [0.3, 0.4) is 0 Å². The highest BCUT2D eigenvalue weighted by molar-refractivity contribution is 5.94. The van der Waals surface area contributed by atoms with Gasteiger partial charge in [-0.1, -0.05) is 30.3 Å². The van der Waals surface area contributed by atoms with Gasteiger partial charge in [0.05, 0.1) is 6.20 Å². The fourth-order valence-electron chi connectivity index (χ4n) is 3.92. The lowest BCUT2D eigenvalue weighted by Gasteiger charge is -2.32. The van der Waals surface area contributed by atoms with Crippen molar-refractivity contribution in [1.29, 1.82) is 0 Å². The predicted molar refractivity (Wildman–Crippen MR) is 115 cm³/mol. The second-order valence-electron chi connectivity index (χ2n) is 7.61. The highest BCUT2D eigenvalue weighted by atomic mass is 16.5. The van der Waals surface area contributed by atoms with E-state index in [4.69, 9.17) is 4.74 Å². The van der Waals surface area contributed by atoms with E-state index in [0.29, 0.717) is 17.9 Å². The Kier molecular flexibility index (Phi) is 5.93. The highest BCUT2D eigenvalue weighted by Crippen LogP contribution is 2.33. The van der Waals surface area contributed by atoms with Crippen LogP contribution in [-0.2, 0) is 4.79 Å². The summed E-state index contributed by atoms with van der Waals surface area (Å²) >= 11 is 0. The number of rotatable bonds is 6. The molecule has 1 amide bonds. The van der Waals surface area contributed by atoms with Crippen molar-refractivity contribution in [2.45, 2.75) is 25.7 Å². The molecule has 0 bridgehead atoms. The predicted octanol–water partition coefficient (Wildman–Crippen LogP) is 4.06. The van der Waals surface area contributed by atoms with E-state index < -0.39 is 0 Å². The smallest absolute Gasteiger partial charge is 0.260 e. The number of H-pyrrole nitrogens is 1.